The highest BCUT2D eigenvalue weighted by Crippen LogP contribution is 2.26. The molecular weight excluding hydrogens is 310 g/mol. The molecule has 0 bridgehead atoms. The van der Waals surface area contributed by atoms with Gasteiger partial charge in [0.15, 0.2) is 0 Å². The van der Waals surface area contributed by atoms with E-state index in [9.17, 15) is 8.42 Å². The Morgan fingerprint density at radius 3 is 2.35 bits per heavy atom. The van der Waals surface area contributed by atoms with Crippen LogP contribution >= 0.6 is 0 Å². The van der Waals surface area contributed by atoms with E-state index in [0.717, 1.165) is 12.0 Å². The Hall–Kier alpha value is -1.69. The second-order valence-corrected chi connectivity index (χ2v) is 7.82. The normalized spacial score (nSPS) is 19.0. The highest BCUT2D eigenvalue weighted by molar-refractivity contribution is 7.89. The third-order valence-corrected chi connectivity index (χ3v) is 5.91. The minimum absolute atomic E-state index is 0.146. The highest BCUT2D eigenvalue weighted by atomic mass is 32.2. The van der Waals surface area contributed by atoms with Gasteiger partial charge in [-0.05, 0) is 24.0 Å². The minimum Gasteiger partial charge on any atom is -0.356 e. The van der Waals surface area contributed by atoms with Crippen LogP contribution in [-0.4, -0.2) is 31.8 Å². The lowest BCUT2D eigenvalue weighted by Gasteiger charge is -2.14. The molecule has 5 heteroatoms. The highest BCUT2D eigenvalue weighted by Gasteiger charge is 2.32. The molecular formula is C18H21NO3S. The Morgan fingerprint density at radius 1 is 1.00 bits per heavy atom. The average Bonchev–Trinajstić information content (AvgIpc) is 3.07. The number of hydrogen-bond donors (Lipinski definition) is 0. The van der Waals surface area contributed by atoms with Gasteiger partial charge in [-0.3, -0.25) is 0 Å². The molecule has 0 aromatic heterocycles. The van der Waals surface area contributed by atoms with Crippen molar-refractivity contribution in [3.63, 3.8) is 0 Å². The number of benzene rings is 2. The fraction of sp³-hybridized carbons (Fsp3) is 0.333. The first-order valence-electron chi connectivity index (χ1n) is 7.83. The molecule has 0 saturated carbocycles. The topological polar surface area (TPSA) is 46.6 Å². The third kappa shape index (κ3) is 4.19. The molecule has 4 nitrogen and oxygen atoms in total. The van der Waals surface area contributed by atoms with E-state index in [2.05, 4.69) is 0 Å². The van der Waals surface area contributed by atoms with Crippen molar-refractivity contribution in [3.05, 3.63) is 71.8 Å². The number of nitrogens with zero attached hydrogens (tertiary/aromatic N) is 1. The van der Waals surface area contributed by atoms with Crippen molar-refractivity contribution in [2.24, 2.45) is 0 Å². The van der Waals surface area contributed by atoms with E-state index in [1.54, 1.807) is 0 Å². The Morgan fingerprint density at radius 2 is 1.65 bits per heavy atom. The lowest BCUT2D eigenvalue weighted by atomic mass is 10.1. The van der Waals surface area contributed by atoms with Crippen LogP contribution in [0.15, 0.2) is 60.7 Å². The Kier molecular flexibility index (Phi) is 5.10. The van der Waals surface area contributed by atoms with E-state index in [1.807, 2.05) is 60.7 Å². The first kappa shape index (κ1) is 16.2. The quantitative estimate of drug-likeness (QED) is 0.817. The molecule has 2 aromatic rings. The fourth-order valence-corrected chi connectivity index (χ4v) is 4.11. The molecule has 1 atom stereocenters. The van der Waals surface area contributed by atoms with Gasteiger partial charge in [-0.25, -0.2) is 8.42 Å². The zero-order chi connectivity index (χ0) is 16.1. The molecule has 1 fully saturated rings. The van der Waals surface area contributed by atoms with Crippen LogP contribution in [0.3, 0.4) is 0 Å². The summed E-state index contributed by atoms with van der Waals surface area (Å²) in [7, 11) is -3.26. The van der Waals surface area contributed by atoms with Crippen molar-refractivity contribution in [1.29, 1.82) is 0 Å². The molecule has 23 heavy (non-hydrogen) atoms. The van der Waals surface area contributed by atoms with Crippen LogP contribution in [0.4, 0.5) is 0 Å². The van der Waals surface area contributed by atoms with Crippen molar-refractivity contribution in [3.8, 4) is 0 Å². The van der Waals surface area contributed by atoms with Gasteiger partial charge in [0.2, 0.25) is 10.0 Å². The van der Waals surface area contributed by atoms with Gasteiger partial charge in [0.1, 0.15) is 6.73 Å². The number of aryl methyl sites for hydroxylation is 1. The van der Waals surface area contributed by atoms with Gasteiger partial charge >= 0.3 is 0 Å². The van der Waals surface area contributed by atoms with Gasteiger partial charge in [0.05, 0.1) is 11.9 Å². The SMILES string of the molecule is O=S(=O)(CCCc1ccccc1)N1COC(c2ccccc2)C1. The van der Waals surface area contributed by atoms with Crippen molar-refractivity contribution in [2.75, 3.05) is 19.0 Å². The molecule has 2 aromatic carbocycles. The fourth-order valence-electron chi connectivity index (χ4n) is 2.76. The predicted molar refractivity (Wildman–Crippen MR) is 90.4 cm³/mol. The van der Waals surface area contributed by atoms with Crippen molar-refractivity contribution in [1.82, 2.24) is 4.31 Å². The van der Waals surface area contributed by atoms with Crippen LogP contribution in [0.5, 0.6) is 0 Å². The maximum atomic E-state index is 12.4. The maximum absolute atomic E-state index is 12.4. The lowest BCUT2D eigenvalue weighted by Crippen LogP contribution is -2.31. The van der Waals surface area contributed by atoms with E-state index in [0.29, 0.717) is 13.0 Å². The van der Waals surface area contributed by atoms with Crippen LogP contribution in [0, 0.1) is 0 Å². The Labute approximate surface area is 137 Å². The van der Waals surface area contributed by atoms with Crippen LogP contribution in [0.1, 0.15) is 23.7 Å². The zero-order valence-corrected chi connectivity index (χ0v) is 13.8. The summed E-state index contributed by atoms with van der Waals surface area (Å²) in [5, 5.41) is 0. The Bertz CT molecular complexity index is 716. The Balaban J connectivity index is 1.54. The summed E-state index contributed by atoms with van der Waals surface area (Å²) in [4.78, 5) is 0. The van der Waals surface area contributed by atoms with Crippen LogP contribution in [0.25, 0.3) is 0 Å². The number of sulfonamides is 1. The third-order valence-electron chi connectivity index (χ3n) is 4.06. The maximum Gasteiger partial charge on any atom is 0.216 e. The summed E-state index contributed by atoms with van der Waals surface area (Å²) in [5.41, 5.74) is 2.19. The second-order valence-electron chi connectivity index (χ2n) is 5.73. The molecule has 122 valence electrons. The molecule has 0 N–H and O–H groups in total. The first-order valence-corrected chi connectivity index (χ1v) is 9.44. The number of hydrogen-bond acceptors (Lipinski definition) is 3. The van der Waals surface area contributed by atoms with Gasteiger partial charge < -0.3 is 4.74 Å². The van der Waals surface area contributed by atoms with Gasteiger partial charge in [-0.2, -0.15) is 4.31 Å². The van der Waals surface area contributed by atoms with Crippen molar-refractivity contribution < 1.29 is 13.2 Å². The molecule has 0 spiro atoms. The minimum atomic E-state index is -3.26. The first-order chi connectivity index (χ1) is 11.1. The smallest absolute Gasteiger partial charge is 0.216 e. The van der Waals surface area contributed by atoms with E-state index in [1.165, 1.54) is 9.87 Å². The molecule has 1 saturated heterocycles. The molecule has 3 rings (SSSR count). The summed E-state index contributed by atoms with van der Waals surface area (Å²) < 4.78 is 32.0. The van der Waals surface area contributed by atoms with Gasteiger partial charge in [0.25, 0.3) is 0 Å². The van der Waals surface area contributed by atoms with Gasteiger partial charge in [0, 0.05) is 6.54 Å². The number of rotatable bonds is 6. The molecule has 0 amide bonds. The monoisotopic (exact) mass is 331 g/mol. The molecule has 1 aliphatic rings. The number of ether oxygens (including phenoxy) is 1. The van der Waals surface area contributed by atoms with Gasteiger partial charge in [-0.15, -0.1) is 0 Å². The predicted octanol–water partition coefficient (Wildman–Crippen LogP) is 2.98. The summed E-state index contributed by atoms with van der Waals surface area (Å²) >= 11 is 0. The van der Waals surface area contributed by atoms with Gasteiger partial charge in [-0.1, -0.05) is 60.7 Å². The zero-order valence-electron chi connectivity index (χ0n) is 13.0. The van der Waals surface area contributed by atoms with Crippen LogP contribution in [-0.2, 0) is 21.2 Å². The summed E-state index contributed by atoms with van der Waals surface area (Å²) in [6.45, 7) is 0.547. The largest absolute Gasteiger partial charge is 0.356 e. The van der Waals surface area contributed by atoms with Crippen molar-refractivity contribution in [2.45, 2.75) is 18.9 Å². The second kappa shape index (κ2) is 7.25. The molecule has 1 heterocycles. The molecule has 1 unspecified atom stereocenters. The van der Waals surface area contributed by atoms with Crippen molar-refractivity contribution >= 4 is 10.0 Å². The average molecular weight is 331 g/mol. The van der Waals surface area contributed by atoms with E-state index in [-0.39, 0.29) is 18.6 Å². The van der Waals surface area contributed by atoms with E-state index < -0.39 is 10.0 Å². The summed E-state index contributed by atoms with van der Waals surface area (Å²) in [5.74, 6) is 0.159. The lowest BCUT2D eigenvalue weighted by molar-refractivity contribution is 0.104. The summed E-state index contributed by atoms with van der Waals surface area (Å²) in [6, 6.07) is 19.7. The molecule has 1 aliphatic heterocycles. The summed E-state index contributed by atoms with van der Waals surface area (Å²) in [6.07, 6.45) is 1.23. The van der Waals surface area contributed by atoms with Crippen LogP contribution < -0.4 is 0 Å². The molecule has 0 aliphatic carbocycles. The van der Waals surface area contributed by atoms with E-state index in [4.69, 9.17) is 4.74 Å². The van der Waals surface area contributed by atoms with E-state index >= 15 is 0 Å². The van der Waals surface area contributed by atoms with Crippen LogP contribution in [0.2, 0.25) is 0 Å². The standard InChI is InChI=1S/C18H21NO3S/c20-23(21,13-7-10-16-8-3-1-4-9-16)19-14-18(22-15-19)17-11-5-2-6-12-17/h1-6,8-9,11-12,18H,7,10,13-15H2. The molecule has 0 radical (unpaired) electrons.